The highest BCUT2D eigenvalue weighted by atomic mass is 16.2. The maximum absolute atomic E-state index is 14.1. The first-order valence-corrected chi connectivity index (χ1v) is 12.8. The molecule has 6 rings (SSSR count). The first kappa shape index (κ1) is 23.0. The second-order valence-electron chi connectivity index (χ2n) is 9.52. The summed E-state index contributed by atoms with van der Waals surface area (Å²) in [7, 11) is 0. The van der Waals surface area contributed by atoms with Crippen LogP contribution in [0.25, 0.3) is 11.6 Å². The summed E-state index contributed by atoms with van der Waals surface area (Å²) >= 11 is 0. The lowest BCUT2D eigenvalue weighted by molar-refractivity contribution is -0.117. The van der Waals surface area contributed by atoms with E-state index in [1.54, 1.807) is 6.20 Å². The lowest BCUT2D eigenvalue weighted by Gasteiger charge is -2.24. The Morgan fingerprint density at radius 1 is 0.811 bits per heavy atom. The molecule has 4 heterocycles. The van der Waals surface area contributed by atoms with Crippen molar-refractivity contribution in [3.05, 3.63) is 120 Å². The van der Waals surface area contributed by atoms with Gasteiger partial charge in [0.05, 0.1) is 17.8 Å². The van der Waals surface area contributed by atoms with Gasteiger partial charge in [0.15, 0.2) is 0 Å². The standard InChI is InChI=1S/C31H29N5O/c1-23-20-34(29-15-7-9-17-32-29)21-27(23)36(31(37)19-24-11-3-2-4-12-24)28-22-35(30-16-8-10-18-33-30)26-14-6-5-13-25(26)28/h2-4,7-12,15-18,20-22H,5-6,13-14,19H2,1H3. The van der Waals surface area contributed by atoms with Crippen molar-refractivity contribution in [2.24, 2.45) is 0 Å². The van der Waals surface area contributed by atoms with Crippen molar-refractivity contribution in [1.29, 1.82) is 0 Å². The molecule has 5 aromatic rings. The fourth-order valence-corrected chi connectivity index (χ4v) is 5.27. The number of amides is 1. The molecule has 1 amide bonds. The maximum atomic E-state index is 14.1. The minimum atomic E-state index is 0.0413. The Morgan fingerprint density at radius 2 is 1.51 bits per heavy atom. The van der Waals surface area contributed by atoms with Crippen molar-refractivity contribution in [2.45, 2.75) is 39.0 Å². The molecule has 0 saturated carbocycles. The molecule has 37 heavy (non-hydrogen) atoms. The number of rotatable bonds is 6. The number of nitrogens with zero attached hydrogens (tertiary/aromatic N) is 5. The van der Waals surface area contributed by atoms with Gasteiger partial charge in [0.25, 0.3) is 0 Å². The van der Waals surface area contributed by atoms with E-state index in [0.29, 0.717) is 6.42 Å². The van der Waals surface area contributed by atoms with Crippen LogP contribution in [0, 0.1) is 6.92 Å². The van der Waals surface area contributed by atoms with Crippen LogP contribution in [-0.4, -0.2) is 25.0 Å². The molecule has 0 atom stereocenters. The molecule has 4 aromatic heterocycles. The molecular formula is C31H29N5O. The number of aryl methyl sites for hydroxylation is 1. The van der Waals surface area contributed by atoms with Crippen molar-refractivity contribution in [1.82, 2.24) is 19.1 Å². The Labute approximate surface area is 216 Å². The molecule has 0 radical (unpaired) electrons. The zero-order valence-corrected chi connectivity index (χ0v) is 20.9. The zero-order chi connectivity index (χ0) is 25.2. The number of fused-ring (bicyclic) bond motifs is 1. The van der Waals surface area contributed by atoms with Crippen LogP contribution in [0.2, 0.25) is 0 Å². The summed E-state index contributed by atoms with van der Waals surface area (Å²) in [4.78, 5) is 25.2. The second-order valence-corrected chi connectivity index (χ2v) is 9.52. The van der Waals surface area contributed by atoms with Gasteiger partial charge in [0.1, 0.15) is 11.6 Å². The van der Waals surface area contributed by atoms with E-state index in [2.05, 4.69) is 27.7 Å². The molecule has 184 valence electrons. The topological polar surface area (TPSA) is 56.0 Å². The minimum absolute atomic E-state index is 0.0413. The van der Waals surface area contributed by atoms with Crippen molar-refractivity contribution in [3.63, 3.8) is 0 Å². The van der Waals surface area contributed by atoms with Crippen LogP contribution in [0.1, 0.15) is 35.2 Å². The van der Waals surface area contributed by atoms with E-state index in [0.717, 1.165) is 59.8 Å². The van der Waals surface area contributed by atoms with E-state index < -0.39 is 0 Å². The van der Waals surface area contributed by atoms with Crippen molar-refractivity contribution < 1.29 is 4.79 Å². The molecule has 6 heteroatoms. The summed E-state index contributed by atoms with van der Waals surface area (Å²) in [6, 6.07) is 21.8. The number of aromatic nitrogens is 4. The highest BCUT2D eigenvalue weighted by Gasteiger charge is 2.29. The third-order valence-electron chi connectivity index (χ3n) is 7.03. The van der Waals surface area contributed by atoms with Crippen molar-refractivity contribution in [2.75, 3.05) is 4.90 Å². The maximum Gasteiger partial charge on any atom is 0.236 e. The minimum Gasteiger partial charge on any atom is -0.306 e. The fraction of sp³-hybridized carbons (Fsp3) is 0.194. The monoisotopic (exact) mass is 487 g/mol. The summed E-state index contributed by atoms with van der Waals surface area (Å²) in [5, 5.41) is 0. The summed E-state index contributed by atoms with van der Waals surface area (Å²) in [5.41, 5.74) is 6.32. The lowest BCUT2D eigenvalue weighted by atomic mass is 9.96. The van der Waals surface area contributed by atoms with Crippen LogP contribution >= 0.6 is 0 Å². The van der Waals surface area contributed by atoms with Crippen LogP contribution in [-0.2, 0) is 24.1 Å². The Hall–Kier alpha value is -4.45. The van der Waals surface area contributed by atoms with Crippen LogP contribution in [0.15, 0.2) is 97.7 Å². The first-order valence-electron chi connectivity index (χ1n) is 12.8. The van der Waals surface area contributed by atoms with Gasteiger partial charge in [0.2, 0.25) is 5.91 Å². The molecule has 0 spiro atoms. The first-order chi connectivity index (χ1) is 18.2. The second kappa shape index (κ2) is 9.90. The molecule has 0 unspecified atom stereocenters. The van der Waals surface area contributed by atoms with E-state index in [-0.39, 0.29) is 5.91 Å². The van der Waals surface area contributed by atoms with Gasteiger partial charge in [-0.05, 0) is 73.6 Å². The number of hydrogen-bond acceptors (Lipinski definition) is 3. The third-order valence-corrected chi connectivity index (χ3v) is 7.03. The largest absolute Gasteiger partial charge is 0.306 e. The molecule has 0 fully saturated rings. The van der Waals surface area contributed by atoms with Crippen LogP contribution in [0.5, 0.6) is 0 Å². The average molecular weight is 488 g/mol. The van der Waals surface area contributed by atoms with Gasteiger partial charge in [0, 0.05) is 36.7 Å². The molecule has 1 aromatic carbocycles. The molecule has 1 aliphatic rings. The summed E-state index contributed by atoms with van der Waals surface area (Å²) in [6.07, 6.45) is 14.3. The van der Waals surface area contributed by atoms with Gasteiger partial charge >= 0.3 is 0 Å². The molecular weight excluding hydrogens is 458 g/mol. The average Bonchev–Trinajstić information content (AvgIpc) is 3.52. The van der Waals surface area contributed by atoms with E-state index in [1.165, 1.54) is 11.3 Å². The fourth-order valence-electron chi connectivity index (χ4n) is 5.27. The summed E-state index contributed by atoms with van der Waals surface area (Å²) in [6.45, 7) is 2.06. The SMILES string of the molecule is Cc1cn(-c2ccccn2)cc1N(C(=O)Cc1ccccc1)c1cn(-c2ccccn2)c2c1CCCC2. The van der Waals surface area contributed by atoms with Crippen LogP contribution in [0.3, 0.4) is 0 Å². The van der Waals surface area contributed by atoms with Gasteiger partial charge in [-0.2, -0.15) is 0 Å². The van der Waals surface area contributed by atoms with Gasteiger partial charge in [-0.25, -0.2) is 9.97 Å². The third kappa shape index (κ3) is 4.47. The molecule has 0 N–H and O–H groups in total. The normalized spacial score (nSPS) is 12.8. The number of benzene rings is 1. The van der Waals surface area contributed by atoms with E-state index >= 15 is 0 Å². The molecule has 0 saturated heterocycles. The predicted molar refractivity (Wildman–Crippen MR) is 146 cm³/mol. The van der Waals surface area contributed by atoms with E-state index in [9.17, 15) is 4.79 Å². The molecule has 0 aliphatic heterocycles. The Balaban J connectivity index is 1.51. The highest BCUT2D eigenvalue weighted by Crippen LogP contribution is 2.39. The predicted octanol–water partition coefficient (Wildman–Crippen LogP) is 6.15. The zero-order valence-electron chi connectivity index (χ0n) is 20.9. The molecule has 6 nitrogen and oxygen atoms in total. The van der Waals surface area contributed by atoms with Gasteiger partial charge < -0.3 is 9.13 Å². The highest BCUT2D eigenvalue weighted by molar-refractivity contribution is 6.03. The summed E-state index contributed by atoms with van der Waals surface area (Å²) < 4.78 is 4.17. The lowest BCUT2D eigenvalue weighted by Crippen LogP contribution is -2.28. The Kier molecular flexibility index (Phi) is 6.15. The van der Waals surface area contributed by atoms with Crippen LogP contribution in [0.4, 0.5) is 11.4 Å². The van der Waals surface area contributed by atoms with Crippen molar-refractivity contribution in [3.8, 4) is 11.6 Å². The quantitative estimate of drug-likeness (QED) is 0.289. The smallest absolute Gasteiger partial charge is 0.236 e. The van der Waals surface area contributed by atoms with E-state index in [1.807, 2.05) is 94.8 Å². The molecule has 0 bridgehead atoms. The Bertz CT molecular complexity index is 1520. The number of anilines is 2. The van der Waals surface area contributed by atoms with Gasteiger partial charge in [-0.3, -0.25) is 9.69 Å². The number of carbonyl (C=O) groups is 1. The van der Waals surface area contributed by atoms with Gasteiger partial charge in [-0.15, -0.1) is 0 Å². The number of pyridine rings is 2. The van der Waals surface area contributed by atoms with Crippen molar-refractivity contribution >= 4 is 17.3 Å². The number of hydrogen-bond donors (Lipinski definition) is 0. The van der Waals surface area contributed by atoms with E-state index in [4.69, 9.17) is 0 Å². The summed E-state index contributed by atoms with van der Waals surface area (Å²) in [5.74, 6) is 1.74. The Morgan fingerprint density at radius 3 is 2.24 bits per heavy atom. The molecule has 1 aliphatic carbocycles. The van der Waals surface area contributed by atoms with Crippen LogP contribution < -0.4 is 4.90 Å². The van der Waals surface area contributed by atoms with Gasteiger partial charge in [-0.1, -0.05) is 42.5 Å². The number of carbonyl (C=O) groups excluding carboxylic acids is 1.